The van der Waals surface area contributed by atoms with Gasteiger partial charge in [-0.15, -0.1) is 0 Å². The van der Waals surface area contributed by atoms with Crippen molar-refractivity contribution in [3.8, 4) is 11.5 Å². The molecule has 0 saturated heterocycles. The average molecular weight is 390 g/mol. The number of nitrogens with zero attached hydrogens (tertiary/aromatic N) is 2. The van der Waals surface area contributed by atoms with E-state index in [2.05, 4.69) is 24.3 Å². The second-order valence-corrected chi connectivity index (χ2v) is 7.61. The number of carbonyl (C=O) groups is 1. The lowest BCUT2D eigenvalue weighted by molar-refractivity contribution is -0.112. The monoisotopic (exact) mass is 390 g/mol. The summed E-state index contributed by atoms with van der Waals surface area (Å²) in [5.74, 6) is 1.93. The Labute approximate surface area is 171 Å². The number of hydrazone groups is 1. The fourth-order valence-corrected chi connectivity index (χ4v) is 4.40. The molecule has 1 heterocycles. The quantitative estimate of drug-likeness (QED) is 0.705. The molecule has 2 aromatic rings. The van der Waals surface area contributed by atoms with E-state index in [-0.39, 0.29) is 17.7 Å². The van der Waals surface area contributed by atoms with Gasteiger partial charge >= 0.3 is 0 Å². The first-order valence-electron chi connectivity index (χ1n) is 9.89. The predicted molar refractivity (Wildman–Crippen MR) is 113 cm³/mol. The zero-order valence-corrected chi connectivity index (χ0v) is 17.3. The van der Waals surface area contributed by atoms with Crippen LogP contribution in [0, 0.1) is 5.92 Å². The molecule has 0 saturated carbocycles. The number of carbonyl (C=O) groups excluding carboxylic acids is 1. The summed E-state index contributed by atoms with van der Waals surface area (Å²) in [7, 11) is 3.36. The van der Waals surface area contributed by atoms with Crippen molar-refractivity contribution in [2.45, 2.75) is 32.7 Å². The van der Waals surface area contributed by atoms with Crippen molar-refractivity contribution < 1.29 is 14.3 Å². The maximum Gasteiger partial charge on any atom is 0.154 e. The SMILES string of the molecule is COc1ccc([C@@H]2[C@H]3CCc4ccc(OC)cc4C3=NN2/C(C)=C\C(C)=O)cc1. The number of benzene rings is 2. The van der Waals surface area contributed by atoms with Gasteiger partial charge in [-0.1, -0.05) is 18.2 Å². The number of hydrogen-bond donors (Lipinski definition) is 0. The number of methoxy groups -OCH3 is 2. The third-order valence-corrected chi connectivity index (χ3v) is 5.76. The van der Waals surface area contributed by atoms with Crippen LogP contribution in [0.15, 0.2) is 59.3 Å². The fraction of sp³-hybridized carbons (Fsp3) is 0.333. The molecule has 2 aromatic carbocycles. The largest absolute Gasteiger partial charge is 0.497 e. The van der Waals surface area contributed by atoms with Crippen molar-refractivity contribution in [3.63, 3.8) is 0 Å². The van der Waals surface area contributed by atoms with Crippen LogP contribution < -0.4 is 9.47 Å². The van der Waals surface area contributed by atoms with Crippen LogP contribution in [0.3, 0.4) is 0 Å². The minimum absolute atomic E-state index is 0.0214. The molecular formula is C24H26N2O3. The van der Waals surface area contributed by atoms with Crippen LogP contribution in [-0.4, -0.2) is 30.7 Å². The van der Waals surface area contributed by atoms with E-state index in [9.17, 15) is 4.79 Å². The Morgan fingerprint density at radius 3 is 2.41 bits per heavy atom. The maximum atomic E-state index is 11.7. The third-order valence-electron chi connectivity index (χ3n) is 5.76. The Bertz CT molecular complexity index is 992. The Morgan fingerprint density at radius 2 is 1.76 bits per heavy atom. The molecule has 0 N–H and O–H groups in total. The maximum absolute atomic E-state index is 11.7. The van der Waals surface area contributed by atoms with Crippen LogP contribution in [0.2, 0.25) is 0 Å². The highest BCUT2D eigenvalue weighted by Gasteiger charge is 2.42. The van der Waals surface area contributed by atoms with Crippen LogP contribution in [-0.2, 0) is 11.2 Å². The molecule has 5 nitrogen and oxygen atoms in total. The van der Waals surface area contributed by atoms with Crippen LogP contribution in [0.5, 0.6) is 11.5 Å². The molecular weight excluding hydrogens is 364 g/mol. The topological polar surface area (TPSA) is 51.1 Å². The summed E-state index contributed by atoms with van der Waals surface area (Å²) in [6, 6.07) is 14.4. The lowest BCUT2D eigenvalue weighted by Gasteiger charge is -2.31. The lowest BCUT2D eigenvalue weighted by atomic mass is 9.77. The molecule has 0 bridgehead atoms. The smallest absolute Gasteiger partial charge is 0.154 e. The molecule has 1 aliphatic carbocycles. The predicted octanol–water partition coefficient (Wildman–Crippen LogP) is 4.52. The van der Waals surface area contributed by atoms with Crippen LogP contribution in [0.4, 0.5) is 0 Å². The highest BCUT2D eigenvalue weighted by molar-refractivity contribution is 6.06. The summed E-state index contributed by atoms with van der Waals surface area (Å²) in [6.45, 7) is 3.52. The van der Waals surface area contributed by atoms with Crippen molar-refractivity contribution in [1.29, 1.82) is 0 Å². The molecule has 0 unspecified atom stereocenters. The van der Waals surface area contributed by atoms with Crippen LogP contribution in [0.1, 0.15) is 43.0 Å². The van der Waals surface area contributed by atoms with Crippen molar-refractivity contribution in [2.75, 3.05) is 14.2 Å². The lowest BCUT2D eigenvalue weighted by Crippen LogP contribution is -2.28. The average Bonchev–Trinajstić information content (AvgIpc) is 3.13. The van der Waals surface area contributed by atoms with Gasteiger partial charge in [0.05, 0.1) is 26.0 Å². The van der Waals surface area contributed by atoms with Crippen molar-refractivity contribution >= 4 is 11.5 Å². The van der Waals surface area contributed by atoms with Gasteiger partial charge in [0, 0.05) is 23.3 Å². The summed E-state index contributed by atoms with van der Waals surface area (Å²) in [4.78, 5) is 11.7. The van der Waals surface area contributed by atoms with Crippen LogP contribution in [0.25, 0.3) is 0 Å². The van der Waals surface area contributed by atoms with E-state index in [1.807, 2.05) is 30.1 Å². The molecule has 4 rings (SSSR count). The molecule has 1 aliphatic heterocycles. The Hall–Kier alpha value is -3.08. The van der Waals surface area contributed by atoms with E-state index >= 15 is 0 Å². The van der Waals surface area contributed by atoms with Gasteiger partial charge in [0.15, 0.2) is 5.78 Å². The number of aryl methyl sites for hydroxylation is 1. The van der Waals surface area contributed by atoms with Gasteiger partial charge in [-0.3, -0.25) is 9.80 Å². The van der Waals surface area contributed by atoms with Gasteiger partial charge < -0.3 is 9.47 Å². The molecule has 2 atom stereocenters. The number of rotatable bonds is 5. The number of fused-ring (bicyclic) bond motifs is 3. The molecule has 2 aliphatic rings. The van der Waals surface area contributed by atoms with E-state index < -0.39 is 0 Å². The Morgan fingerprint density at radius 1 is 1.07 bits per heavy atom. The molecule has 29 heavy (non-hydrogen) atoms. The summed E-state index contributed by atoms with van der Waals surface area (Å²) in [5.41, 5.74) is 5.53. The van der Waals surface area contributed by atoms with Crippen molar-refractivity contribution in [1.82, 2.24) is 5.01 Å². The standard InChI is InChI=1S/C24H26N2O3/c1-15(13-16(2)27)26-24(18-6-9-19(28-3)10-7-18)21-12-8-17-5-11-20(29-4)14-22(17)23(21)25-26/h5-7,9-11,13-14,21,24H,8,12H2,1-4H3/b15-13-/t21-,24+/m0/s1. The number of allylic oxidation sites excluding steroid dienone is 2. The summed E-state index contributed by atoms with van der Waals surface area (Å²) < 4.78 is 10.8. The molecule has 0 aromatic heterocycles. The normalized spacial score (nSPS) is 20.6. The van der Waals surface area contributed by atoms with Gasteiger partial charge in [0.1, 0.15) is 11.5 Å². The first kappa shape index (κ1) is 19.2. The number of ether oxygens (including phenoxy) is 2. The second kappa shape index (κ2) is 7.74. The van der Waals surface area contributed by atoms with Crippen molar-refractivity contribution in [3.05, 3.63) is 70.9 Å². The van der Waals surface area contributed by atoms with Gasteiger partial charge in [-0.2, -0.15) is 5.10 Å². The molecule has 5 heteroatoms. The van der Waals surface area contributed by atoms with E-state index in [1.54, 1.807) is 27.2 Å². The van der Waals surface area contributed by atoms with E-state index in [1.165, 1.54) is 5.56 Å². The highest BCUT2D eigenvalue weighted by atomic mass is 16.5. The summed E-state index contributed by atoms with van der Waals surface area (Å²) in [6.07, 6.45) is 3.67. The van der Waals surface area contributed by atoms with Crippen molar-refractivity contribution in [2.24, 2.45) is 11.0 Å². The molecule has 0 fully saturated rings. The minimum atomic E-state index is 0.0214. The van der Waals surface area contributed by atoms with Gasteiger partial charge in [-0.25, -0.2) is 0 Å². The van der Waals surface area contributed by atoms with Gasteiger partial charge in [0.2, 0.25) is 0 Å². The third kappa shape index (κ3) is 3.53. The van der Waals surface area contributed by atoms with E-state index in [4.69, 9.17) is 14.6 Å². The second-order valence-electron chi connectivity index (χ2n) is 7.61. The zero-order valence-electron chi connectivity index (χ0n) is 17.3. The molecule has 150 valence electrons. The fourth-order valence-electron chi connectivity index (χ4n) is 4.40. The Balaban J connectivity index is 1.81. The first-order chi connectivity index (χ1) is 14.0. The minimum Gasteiger partial charge on any atom is -0.497 e. The molecule has 0 spiro atoms. The number of ketones is 1. The summed E-state index contributed by atoms with van der Waals surface area (Å²) >= 11 is 0. The molecule has 0 amide bonds. The zero-order chi connectivity index (χ0) is 20.5. The number of hydrogen-bond acceptors (Lipinski definition) is 5. The first-order valence-corrected chi connectivity index (χ1v) is 9.89. The van der Waals surface area contributed by atoms with E-state index in [0.717, 1.165) is 46.9 Å². The highest BCUT2D eigenvalue weighted by Crippen LogP contribution is 2.45. The summed E-state index contributed by atoms with van der Waals surface area (Å²) in [5, 5.41) is 7.03. The Kier molecular flexibility index (Phi) is 5.14. The van der Waals surface area contributed by atoms with Gasteiger partial charge in [0.25, 0.3) is 0 Å². The van der Waals surface area contributed by atoms with Gasteiger partial charge in [-0.05, 0) is 62.1 Å². The molecule has 0 radical (unpaired) electrons. The van der Waals surface area contributed by atoms with E-state index in [0.29, 0.717) is 0 Å². The van der Waals surface area contributed by atoms with Crippen LogP contribution >= 0.6 is 0 Å².